The van der Waals surface area contributed by atoms with Crippen molar-refractivity contribution in [3.63, 3.8) is 0 Å². The fraction of sp³-hybridized carbons (Fsp3) is 0.433. The number of aromatic nitrogens is 2. The molecule has 0 amide bonds. The van der Waals surface area contributed by atoms with Crippen LogP contribution in [0.25, 0.3) is 11.4 Å². The van der Waals surface area contributed by atoms with Gasteiger partial charge in [-0.15, -0.1) is 0 Å². The number of anilines is 1. The Morgan fingerprint density at radius 2 is 1.63 bits per heavy atom. The molecule has 35 heavy (non-hydrogen) atoms. The van der Waals surface area contributed by atoms with Crippen LogP contribution in [0.5, 0.6) is 0 Å². The number of carboxylic acid groups (broad SMARTS) is 1. The van der Waals surface area contributed by atoms with E-state index in [9.17, 15) is 9.90 Å². The molecule has 0 aliphatic carbocycles. The first-order chi connectivity index (χ1) is 16.7. The maximum atomic E-state index is 11.6. The fourth-order valence-electron chi connectivity index (χ4n) is 4.69. The van der Waals surface area contributed by atoms with Crippen molar-refractivity contribution < 1.29 is 9.90 Å². The molecule has 1 heterocycles. The van der Waals surface area contributed by atoms with Crippen LogP contribution in [0.3, 0.4) is 0 Å². The molecule has 0 bridgehead atoms. The first-order valence-corrected chi connectivity index (χ1v) is 12.7. The maximum Gasteiger partial charge on any atom is 0.323 e. The van der Waals surface area contributed by atoms with E-state index < -0.39 is 5.97 Å². The van der Waals surface area contributed by atoms with Gasteiger partial charge in [-0.25, -0.2) is 9.97 Å². The molecule has 0 aliphatic heterocycles. The van der Waals surface area contributed by atoms with E-state index in [1.807, 2.05) is 6.92 Å². The molecule has 3 rings (SSSR count). The van der Waals surface area contributed by atoms with Gasteiger partial charge in [0.15, 0.2) is 5.82 Å². The van der Waals surface area contributed by atoms with E-state index in [1.165, 1.54) is 27.8 Å². The summed E-state index contributed by atoms with van der Waals surface area (Å²) in [4.78, 5) is 23.3. The van der Waals surface area contributed by atoms with Crippen LogP contribution in [0, 0.1) is 13.8 Å². The molecule has 3 aromatic rings. The highest BCUT2D eigenvalue weighted by Gasteiger charge is 2.20. The van der Waals surface area contributed by atoms with Gasteiger partial charge in [0, 0.05) is 23.9 Å². The topological polar surface area (TPSA) is 66.3 Å². The largest absolute Gasteiger partial charge is 0.480 e. The van der Waals surface area contributed by atoms with Crippen LogP contribution in [0.2, 0.25) is 0 Å². The van der Waals surface area contributed by atoms with E-state index in [0.29, 0.717) is 17.6 Å². The predicted octanol–water partition coefficient (Wildman–Crippen LogP) is 6.31. The molecule has 0 spiro atoms. The van der Waals surface area contributed by atoms with E-state index in [-0.39, 0.29) is 6.54 Å². The Bertz CT molecular complexity index is 1180. The van der Waals surface area contributed by atoms with Crippen LogP contribution in [0.4, 0.5) is 5.82 Å². The number of carbonyl (C=O) groups is 1. The summed E-state index contributed by atoms with van der Waals surface area (Å²) >= 11 is 0. The summed E-state index contributed by atoms with van der Waals surface area (Å²) in [6.07, 6.45) is 3.39. The van der Waals surface area contributed by atoms with Crippen LogP contribution >= 0.6 is 0 Å². The molecule has 5 heteroatoms. The van der Waals surface area contributed by atoms with Crippen molar-refractivity contribution in [3.8, 4) is 11.4 Å². The molecule has 1 aromatic heterocycles. The van der Waals surface area contributed by atoms with Crippen LogP contribution in [0.15, 0.2) is 36.4 Å². The summed E-state index contributed by atoms with van der Waals surface area (Å²) in [5.41, 5.74) is 9.35. The molecule has 0 atom stereocenters. The zero-order valence-corrected chi connectivity index (χ0v) is 22.3. The molecular formula is C30H39N3O2. The second-order valence-corrected chi connectivity index (χ2v) is 9.68. The number of hydrogen-bond acceptors (Lipinski definition) is 4. The van der Waals surface area contributed by atoms with E-state index in [2.05, 4.69) is 71.0 Å². The molecule has 1 N–H and O–H groups in total. The lowest BCUT2D eigenvalue weighted by molar-refractivity contribution is -0.135. The summed E-state index contributed by atoms with van der Waals surface area (Å²) in [7, 11) is 1.81. The summed E-state index contributed by atoms with van der Waals surface area (Å²) < 4.78 is 0. The minimum atomic E-state index is -0.875. The molecule has 0 aliphatic rings. The number of carboxylic acids is 1. The number of aryl methyl sites for hydroxylation is 5. The first kappa shape index (κ1) is 26.4. The van der Waals surface area contributed by atoms with E-state index in [4.69, 9.17) is 9.97 Å². The predicted molar refractivity (Wildman–Crippen MR) is 145 cm³/mol. The van der Waals surface area contributed by atoms with Gasteiger partial charge in [-0.1, -0.05) is 64.1 Å². The summed E-state index contributed by atoms with van der Waals surface area (Å²) in [6.45, 7) is 12.8. The first-order valence-electron chi connectivity index (χ1n) is 12.7. The number of likely N-dealkylation sites (N-methyl/N-ethyl adjacent to an activating group) is 1. The van der Waals surface area contributed by atoms with Crippen LogP contribution in [0.1, 0.15) is 72.7 Å². The molecule has 0 fully saturated rings. The fourth-order valence-corrected chi connectivity index (χ4v) is 4.69. The van der Waals surface area contributed by atoms with Gasteiger partial charge in [0.1, 0.15) is 12.4 Å². The summed E-state index contributed by atoms with van der Waals surface area (Å²) in [5, 5.41) is 9.50. The van der Waals surface area contributed by atoms with Crippen molar-refractivity contribution in [1.82, 2.24) is 9.97 Å². The smallest absolute Gasteiger partial charge is 0.323 e. The maximum absolute atomic E-state index is 11.6. The van der Waals surface area contributed by atoms with Crippen molar-refractivity contribution in [3.05, 3.63) is 75.5 Å². The minimum Gasteiger partial charge on any atom is -0.480 e. The highest BCUT2D eigenvalue weighted by atomic mass is 16.4. The summed E-state index contributed by atoms with van der Waals surface area (Å²) in [5.74, 6) is 0.994. The normalized spacial score (nSPS) is 11.2. The van der Waals surface area contributed by atoms with Crippen molar-refractivity contribution in [1.29, 1.82) is 0 Å². The number of benzene rings is 2. The lowest BCUT2D eigenvalue weighted by Gasteiger charge is -2.23. The third-order valence-electron chi connectivity index (χ3n) is 6.83. The second-order valence-electron chi connectivity index (χ2n) is 9.68. The van der Waals surface area contributed by atoms with Crippen molar-refractivity contribution in [2.75, 3.05) is 18.5 Å². The SMILES string of the molecule is CCc1cccc(CC)c1-c1nc(C)c(CCc2cc(C(C)C)ccc2C)c(N(C)CC(=O)O)n1. The highest BCUT2D eigenvalue weighted by Crippen LogP contribution is 2.31. The van der Waals surface area contributed by atoms with Crippen LogP contribution in [-0.4, -0.2) is 34.6 Å². The Hall–Kier alpha value is -3.21. The minimum absolute atomic E-state index is 0.110. The Morgan fingerprint density at radius 1 is 0.971 bits per heavy atom. The third-order valence-corrected chi connectivity index (χ3v) is 6.83. The standard InChI is InChI=1S/C30H39N3O2/c1-8-22-11-10-12-23(9-2)28(22)29-31-21(6)26(30(32-29)33(7)18-27(34)35)16-15-25-17-24(19(3)4)14-13-20(25)5/h10-14,17,19H,8-9,15-16,18H2,1-7H3,(H,34,35). The van der Waals surface area contributed by atoms with E-state index in [1.54, 1.807) is 11.9 Å². The molecule has 0 saturated heterocycles. The number of aliphatic carboxylic acids is 1. The zero-order valence-electron chi connectivity index (χ0n) is 22.3. The van der Waals surface area contributed by atoms with Gasteiger partial charge in [-0.05, 0) is 73.3 Å². The Kier molecular flexibility index (Phi) is 8.66. The van der Waals surface area contributed by atoms with E-state index in [0.717, 1.165) is 42.5 Å². The molecule has 2 aromatic carbocycles. The highest BCUT2D eigenvalue weighted by molar-refractivity contribution is 5.74. The molecular weight excluding hydrogens is 434 g/mol. The lowest BCUT2D eigenvalue weighted by Crippen LogP contribution is -2.28. The third kappa shape index (κ3) is 6.08. The Morgan fingerprint density at radius 3 is 2.20 bits per heavy atom. The molecule has 186 valence electrons. The average molecular weight is 474 g/mol. The van der Waals surface area contributed by atoms with Gasteiger partial charge in [-0.3, -0.25) is 4.79 Å². The summed E-state index contributed by atoms with van der Waals surface area (Å²) in [6, 6.07) is 13.1. The number of hydrogen-bond donors (Lipinski definition) is 1. The zero-order chi connectivity index (χ0) is 25.7. The quantitative estimate of drug-likeness (QED) is 0.373. The monoisotopic (exact) mass is 473 g/mol. The average Bonchev–Trinajstić information content (AvgIpc) is 2.82. The van der Waals surface area contributed by atoms with Crippen molar-refractivity contribution >= 4 is 11.8 Å². The molecule has 0 unspecified atom stereocenters. The van der Waals surface area contributed by atoms with E-state index >= 15 is 0 Å². The van der Waals surface area contributed by atoms with Crippen molar-refractivity contribution in [2.45, 2.75) is 73.1 Å². The molecule has 0 radical (unpaired) electrons. The molecule has 0 saturated carbocycles. The molecule has 5 nitrogen and oxygen atoms in total. The lowest BCUT2D eigenvalue weighted by atomic mass is 9.94. The number of nitrogens with zero attached hydrogens (tertiary/aromatic N) is 3. The van der Waals surface area contributed by atoms with Gasteiger partial charge in [-0.2, -0.15) is 0 Å². The van der Waals surface area contributed by atoms with Gasteiger partial charge in [0.25, 0.3) is 0 Å². The van der Waals surface area contributed by atoms with Gasteiger partial charge >= 0.3 is 5.97 Å². The van der Waals surface area contributed by atoms with Crippen LogP contribution < -0.4 is 4.90 Å². The van der Waals surface area contributed by atoms with Crippen LogP contribution in [-0.2, 0) is 30.5 Å². The number of rotatable bonds is 10. The van der Waals surface area contributed by atoms with Gasteiger partial charge in [0.2, 0.25) is 0 Å². The van der Waals surface area contributed by atoms with Crippen molar-refractivity contribution in [2.24, 2.45) is 0 Å². The second kappa shape index (κ2) is 11.5. The Labute approximate surface area is 210 Å². The van der Waals surface area contributed by atoms with Gasteiger partial charge in [0.05, 0.1) is 0 Å². The van der Waals surface area contributed by atoms with Gasteiger partial charge < -0.3 is 10.0 Å². The Balaban J connectivity index is 2.09.